The van der Waals surface area contributed by atoms with E-state index < -0.39 is 0 Å². The van der Waals surface area contributed by atoms with Crippen molar-refractivity contribution >= 4 is 21.8 Å². The van der Waals surface area contributed by atoms with Crippen molar-refractivity contribution in [2.75, 3.05) is 6.61 Å². The van der Waals surface area contributed by atoms with E-state index in [1.807, 2.05) is 63.2 Å². The summed E-state index contributed by atoms with van der Waals surface area (Å²) in [6, 6.07) is 13.8. The highest BCUT2D eigenvalue weighted by atomic mass is 79.9. The molecule has 22 heavy (non-hydrogen) atoms. The summed E-state index contributed by atoms with van der Waals surface area (Å²) in [4.78, 5) is 12.0. The maximum Gasteiger partial charge on any atom is 0.258 e. The summed E-state index contributed by atoms with van der Waals surface area (Å²) in [7, 11) is 0. The number of rotatable bonds is 5. The van der Waals surface area contributed by atoms with E-state index in [1.54, 1.807) is 0 Å². The van der Waals surface area contributed by atoms with E-state index in [-0.39, 0.29) is 18.6 Å². The minimum Gasteiger partial charge on any atom is -0.483 e. The van der Waals surface area contributed by atoms with Crippen LogP contribution in [0, 0.1) is 13.8 Å². The van der Waals surface area contributed by atoms with Crippen molar-refractivity contribution in [1.82, 2.24) is 5.32 Å². The molecule has 4 heteroatoms. The van der Waals surface area contributed by atoms with Crippen molar-refractivity contribution in [2.45, 2.75) is 26.8 Å². The van der Waals surface area contributed by atoms with Gasteiger partial charge in [-0.2, -0.15) is 0 Å². The summed E-state index contributed by atoms with van der Waals surface area (Å²) in [5.41, 5.74) is 3.13. The van der Waals surface area contributed by atoms with Crippen LogP contribution in [0.15, 0.2) is 46.9 Å². The maximum atomic E-state index is 12.0. The second kappa shape index (κ2) is 7.45. The molecule has 2 rings (SSSR count). The Balaban J connectivity index is 1.91. The van der Waals surface area contributed by atoms with Crippen molar-refractivity contribution in [2.24, 2.45) is 0 Å². The Hall–Kier alpha value is -1.81. The molecule has 0 bridgehead atoms. The summed E-state index contributed by atoms with van der Waals surface area (Å²) in [5.74, 6) is 0.659. The number of benzene rings is 2. The minimum atomic E-state index is -0.127. The maximum absolute atomic E-state index is 12.0. The first-order chi connectivity index (χ1) is 10.5. The number of halogens is 1. The number of amides is 1. The number of carbonyl (C=O) groups excluding carboxylic acids is 1. The quantitative estimate of drug-likeness (QED) is 0.860. The third-order valence-electron chi connectivity index (χ3n) is 3.50. The molecular formula is C18H20BrNO2. The van der Waals surface area contributed by atoms with Gasteiger partial charge in [0.2, 0.25) is 0 Å². The molecular weight excluding hydrogens is 342 g/mol. The highest BCUT2D eigenvalue weighted by Crippen LogP contribution is 2.22. The number of ether oxygens (including phenoxy) is 1. The van der Waals surface area contributed by atoms with Crippen LogP contribution >= 0.6 is 15.9 Å². The molecule has 0 aliphatic carbocycles. The lowest BCUT2D eigenvalue weighted by Gasteiger charge is -2.16. The van der Waals surface area contributed by atoms with Crippen molar-refractivity contribution < 1.29 is 9.53 Å². The van der Waals surface area contributed by atoms with Gasteiger partial charge in [0, 0.05) is 4.47 Å². The van der Waals surface area contributed by atoms with Gasteiger partial charge >= 0.3 is 0 Å². The monoisotopic (exact) mass is 361 g/mol. The van der Waals surface area contributed by atoms with Gasteiger partial charge in [0.25, 0.3) is 5.91 Å². The van der Waals surface area contributed by atoms with Crippen molar-refractivity contribution in [1.29, 1.82) is 0 Å². The molecule has 0 spiro atoms. The molecule has 0 heterocycles. The van der Waals surface area contributed by atoms with Crippen LogP contribution in [0.5, 0.6) is 5.75 Å². The van der Waals surface area contributed by atoms with Gasteiger partial charge in [-0.15, -0.1) is 0 Å². The highest BCUT2D eigenvalue weighted by molar-refractivity contribution is 9.10. The molecule has 0 fully saturated rings. The van der Waals surface area contributed by atoms with Crippen molar-refractivity contribution in [3.8, 4) is 5.75 Å². The van der Waals surface area contributed by atoms with Gasteiger partial charge in [0.1, 0.15) is 5.75 Å². The van der Waals surface area contributed by atoms with E-state index in [9.17, 15) is 4.79 Å². The lowest BCUT2D eigenvalue weighted by Crippen LogP contribution is -2.31. The predicted octanol–water partition coefficient (Wildman–Crippen LogP) is 4.32. The molecule has 3 nitrogen and oxygen atoms in total. The SMILES string of the molecule is Cc1cccc(C)c1OCC(=O)NC(C)c1ccc(Br)cc1. The standard InChI is InChI=1S/C18H20BrNO2/c1-12-5-4-6-13(2)18(12)22-11-17(21)20-14(3)15-7-9-16(19)10-8-15/h4-10,14H,11H2,1-3H3,(H,20,21). The van der Waals surface area contributed by atoms with E-state index >= 15 is 0 Å². The van der Waals surface area contributed by atoms with Crippen LogP contribution in [-0.4, -0.2) is 12.5 Å². The zero-order valence-electron chi connectivity index (χ0n) is 13.0. The van der Waals surface area contributed by atoms with Crippen LogP contribution in [0.2, 0.25) is 0 Å². The normalized spacial score (nSPS) is 11.8. The van der Waals surface area contributed by atoms with Gasteiger partial charge in [-0.05, 0) is 49.6 Å². The van der Waals surface area contributed by atoms with Gasteiger partial charge < -0.3 is 10.1 Å². The van der Waals surface area contributed by atoms with Crippen LogP contribution in [0.4, 0.5) is 0 Å². The molecule has 2 aromatic rings. The van der Waals surface area contributed by atoms with Gasteiger partial charge in [0.15, 0.2) is 6.61 Å². The fourth-order valence-corrected chi connectivity index (χ4v) is 2.55. The fraction of sp³-hybridized carbons (Fsp3) is 0.278. The molecule has 1 N–H and O–H groups in total. The second-order valence-electron chi connectivity index (χ2n) is 5.35. The summed E-state index contributed by atoms with van der Waals surface area (Å²) in [5, 5.41) is 2.95. The first-order valence-electron chi connectivity index (χ1n) is 7.21. The van der Waals surface area contributed by atoms with Crippen LogP contribution in [0.1, 0.15) is 29.7 Å². The number of aryl methyl sites for hydroxylation is 2. The number of hydrogen-bond donors (Lipinski definition) is 1. The van der Waals surface area contributed by atoms with Gasteiger partial charge in [-0.3, -0.25) is 4.79 Å². The van der Waals surface area contributed by atoms with E-state index in [2.05, 4.69) is 21.2 Å². The number of carbonyl (C=O) groups is 1. The largest absolute Gasteiger partial charge is 0.483 e. The number of hydrogen-bond acceptors (Lipinski definition) is 2. The van der Waals surface area contributed by atoms with Crippen molar-refractivity contribution in [3.05, 3.63) is 63.6 Å². The summed E-state index contributed by atoms with van der Waals surface area (Å²) in [6.07, 6.45) is 0. The van der Waals surface area contributed by atoms with E-state index in [0.29, 0.717) is 0 Å². The molecule has 2 aromatic carbocycles. The Labute approximate surface area is 139 Å². The molecule has 1 atom stereocenters. The Morgan fingerprint density at radius 1 is 1.14 bits per heavy atom. The van der Waals surface area contributed by atoms with Crippen LogP contribution in [-0.2, 0) is 4.79 Å². The molecule has 0 aromatic heterocycles. The molecule has 0 saturated carbocycles. The zero-order valence-corrected chi connectivity index (χ0v) is 14.6. The molecule has 1 amide bonds. The predicted molar refractivity (Wildman–Crippen MR) is 92.1 cm³/mol. The Kier molecular flexibility index (Phi) is 5.61. The smallest absolute Gasteiger partial charge is 0.258 e. The molecule has 1 unspecified atom stereocenters. The lowest BCUT2D eigenvalue weighted by atomic mass is 10.1. The zero-order chi connectivity index (χ0) is 16.1. The van der Waals surface area contributed by atoms with Crippen LogP contribution in [0.3, 0.4) is 0 Å². The topological polar surface area (TPSA) is 38.3 Å². The van der Waals surface area contributed by atoms with E-state index in [4.69, 9.17) is 4.74 Å². The van der Waals surface area contributed by atoms with Gasteiger partial charge in [0.05, 0.1) is 6.04 Å². The second-order valence-corrected chi connectivity index (χ2v) is 6.27. The van der Waals surface area contributed by atoms with Crippen molar-refractivity contribution in [3.63, 3.8) is 0 Å². The summed E-state index contributed by atoms with van der Waals surface area (Å²) >= 11 is 3.40. The fourth-order valence-electron chi connectivity index (χ4n) is 2.28. The first-order valence-corrected chi connectivity index (χ1v) is 8.00. The summed E-state index contributed by atoms with van der Waals surface area (Å²) in [6.45, 7) is 5.93. The van der Waals surface area contributed by atoms with E-state index in [1.165, 1.54) is 0 Å². The highest BCUT2D eigenvalue weighted by Gasteiger charge is 2.11. The minimum absolute atomic E-state index is 0.0204. The van der Waals surface area contributed by atoms with Crippen LogP contribution < -0.4 is 10.1 Å². The molecule has 0 aliphatic heterocycles. The average Bonchev–Trinajstić information content (AvgIpc) is 2.47. The number of nitrogens with one attached hydrogen (secondary N) is 1. The van der Waals surface area contributed by atoms with Gasteiger partial charge in [-0.1, -0.05) is 46.3 Å². The molecule has 0 radical (unpaired) electrons. The van der Waals surface area contributed by atoms with Crippen LogP contribution in [0.25, 0.3) is 0 Å². The molecule has 0 aliphatic rings. The first kappa shape index (κ1) is 16.6. The summed E-state index contributed by atoms with van der Waals surface area (Å²) < 4.78 is 6.69. The third kappa shape index (κ3) is 4.34. The Morgan fingerprint density at radius 3 is 2.32 bits per heavy atom. The van der Waals surface area contributed by atoms with E-state index in [0.717, 1.165) is 26.9 Å². The Morgan fingerprint density at radius 2 is 1.73 bits per heavy atom. The molecule has 0 saturated heterocycles. The van der Waals surface area contributed by atoms with Gasteiger partial charge in [-0.25, -0.2) is 0 Å². The third-order valence-corrected chi connectivity index (χ3v) is 4.03. The average molecular weight is 362 g/mol. The lowest BCUT2D eigenvalue weighted by molar-refractivity contribution is -0.123. The Bertz CT molecular complexity index is 632. The number of para-hydroxylation sites is 1. The molecule has 116 valence electrons.